The summed E-state index contributed by atoms with van der Waals surface area (Å²) in [5, 5.41) is 0. The molecule has 2 heterocycles. The first-order valence-corrected chi connectivity index (χ1v) is 8.80. The molecule has 1 fully saturated rings. The summed E-state index contributed by atoms with van der Waals surface area (Å²) < 4.78 is 1.45. The maximum atomic E-state index is 12.5. The van der Waals surface area contributed by atoms with E-state index in [9.17, 15) is 9.59 Å². The maximum absolute atomic E-state index is 12.5. The monoisotopic (exact) mass is 339 g/mol. The number of aryl methyl sites for hydroxylation is 1. The topological polar surface area (TPSA) is 45.5 Å². The van der Waals surface area contributed by atoms with Crippen LogP contribution in [0.15, 0.2) is 47.4 Å². The predicted molar refractivity (Wildman–Crippen MR) is 100.0 cm³/mol. The van der Waals surface area contributed by atoms with Crippen molar-refractivity contribution in [2.45, 2.75) is 25.8 Å². The molecule has 5 nitrogen and oxygen atoms in total. The van der Waals surface area contributed by atoms with Gasteiger partial charge in [0.1, 0.15) is 0 Å². The summed E-state index contributed by atoms with van der Waals surface area (Å²) in [7, 11) is 3.43. The summed E-state index contributed by atoms with van der Waals surface area (Å²) in [6, 6.07) is 11.5. The van der Waals surface area contributed by atoms with Crippen LogP contribution in [0.4, 0.5) is 5.69 Å². The van der Waals surface area contributed by atoms with E-state index >= 15 is 0 Å². The minimum absolute atomic E-state index is 0.141. The highest BCUT2D eigenvalue weighted by Crippen LogP contribution is 2.20. The number of benzene rings is 1. The van der Waals surface area contributed by atoms with Crippen molar-refractivity contribution in [3.63, 3.8) is 0 Å². The van der Waals surface area contributed by atoms with Crippen LogP contribution in [0.5, 0.6) is 0 Å². The summed E-state index contributed by atoms with van der Waals surface area (Å²) in [4.78, 5) is 28.3. The van der Waals surface area contributed by atoms with Crippen molar-refractivity contribution in [2.24, 2.45) is 7.05 Å². The molecule has 1 amide bonds. The third kappa shape index (κ3) is 4.10. The molecule has 1 aromatic heterocycles. The van der Waals surface area contributed by atoms with E-state index in [2.05, 4.69) is 29.2 Å². The van der Waals surface area contributed by atoms with Gasteiger partial charge in [-0.2, -0.15) is 0 Å². The molecule has 2 aromatic rings. The van der Waals surface area contributed by atoms with E-state index in [0.29, 0.717) is 12.1 Å². The van der Waals surface area contributed by atoms with Gasteiger partial charge in [-0.15, -0.1) is 0 Å². The number of hydrogen-bond acceptors (Lipinski definition) is 3. The zero-order chi connectivity index (χ0) is 17.8. The second-order valence-corrected chi connectivity index (χ2v) is 6.74. The third-order valence-corrected chi connectivity index (χ3v) is 4.78. The van der Waals surface area contributed by atoms with Gasteiger partial charge in [0.15, 0.2) is 0 Å². The third-order valence-electron chi connectivity index (χ3n) is 4.78. The molecule has 0 radical (unpaired) electrons. The van der Waals surface area contributed by atoms with Gasteiger partial charge in [0, 0.05) is 57.2 Å². The zero-order valence-corrected chi connectivity index (χ0v) is 14.9. The van der Waals surface area contributed by atoms with Crippen molar-refractivity contribution in [3.05, 3.63) is 64.1 Å². The number of hydrogen-bond donors (Lipinski definition) is 0. The molecule has 0 N–H and O–H groups in total. The van der Waals surface area contributed by atoms with Crippen molar-refractivity contribution in [2.75, 3.05) is 25.0 Å². The van der Waals surface area contributed by atoms with E-state index in [1.807, 2.05) is 0 Å². The Morgan fingerprint density at radius 2 is 1.76 bits per heavy atom. The van der Waals surface area contributed by atoms with Crippen molar-refractivity contribution in [3.8, 4) is 0 Å². The number of carbonyl (C=O) groups is 1. The van der Waals surface area contributed by atoms with Crippen molar-refractivity contribution in [1.82, 2.24) is 9.47 Å². The Hall–Kier alpha value is -2.56. The number of nitrogens with zero attached hydrogens (tertiary/aromatic N) is 3. The molecular formula is C20H25N3O2. The first kappa shape index (κ1) is 17.3. The molecule has 0 spiro atoms. The van der Waals surface area contributed by atoms with Crippen LogP contribution in [0.1, 0.15) is 35.2 Å². The molecule has 1 saturated heterocycles. The molecule has 25 heavy (non-hydrogen) atoms. The van der Waals surface area contributed by atoms with E-state index in [1.165, 1.54) is 35.6 Å². The lowest BCUT2D eigenvalue weighted by molar-refractivity contribution is 0.0785. The molecule has 5 heteroatoms. The van der Waals surface area contributed by atoms with Gasteiger partial charge in [-0.05, 0) is 43.0 Å². The first-order valence-electron chi connectivity index (χ1n) is 8.80. The van der Waals surface area contributed by atoms with Crippen LogP contribution < -0.4 is 10.5 Å². The lowest BCUT2D eigenvalue weighted by Crippen LogP contribution is -2.29. The second-order valence-electron chi connectivity index (χ2n) is 6.74. The van der Waals surface area contributed by atoms with Gasteiger partial charge >= 0.3 is 0 Å². The van der Waals surface area contributed by atoms with Crippen LogP contribution in [0.2, 0.25) is 0 Å². The zero-order valence-electron chi connectivity index (χ0n) is 14.9. The van der Waals surface area contributed by atoms with E-state index < -0.39 is 0 Å². The first-order chi connectivity index (χ1) is 12.0. The molecular weight excluding hydrogens is 314 g/mol. The highest BCUT2D eigenvalue weighted by atomic mass is 16.2. The maximum Gasteiger partial charge on any atom is 0.254 e. The Labute approximate surface area is 148 Å². The number of piperidine rings is 1. The minimum Gasteiger partial charge on any atom is -0.372 e. The van der Waals surface area contributed by atoms with Crippen LogP contribution in [-0.2, 0) is 13.6 Å². The average molecular weight is 339 g/mol. The van der Waals surface area contributed by atoms with Crippen molar-refractivity contribution in [1.29, 1.82) is 0 Å². The predicted octanol–water partition coefficient (Wildman–Crippen LogP) is 2.65. The van der Waals surface area contributed by atoms with Gasteiger partial charge in [0.2, 0.25) is 0 Å². The number of pyridine rings is 1. The van der Waals surface area contributed by atoms with Crippen LogP contribution in [0, 0.1) is 0 Å². The van der Waals surface area contributed by atoms with Gasteiger partial charge in [-0.1, -0.05) is 12.1 Å². The molecule has 1 aromatic carbocycles. The van der Waals surface area contributed by atoms with Crippen molar-refractivity contribution >= 4 is 11.6 Å². The normalized spacial score (nSPS) is 14.4. The fourth-order valence-electron chi connectivity index (χ4n) is 3.21. The SMILES string of the molecule is CN(Cc1ccc(N2CCCCC2)cc1)C(=O)c1ccn(C)c(=O)c1. The number of anilines is 1. The second kappa shape index (κ2) is 7.55. The molecule has 1 aliphatic rings. The van der Waals surface area contributed by atoms with Crippen LogP contribution in [-0.4, -0.2) is 35.5 Å². The number of rotatable bonds is 4. The van der Waals surface area contributed by atoms with Gasteiger partial charge in [0.25, 0.3) is 11.5 Å². The fourth-order valence-corrected chi connectivity index (χ4v) is 3.21. The molecule has 0 aliphatic carbocycles. The fraction of sp³-hybridized carbons (Fsp3) is 0.400. The summed E-state index contributed by atoms with van der Waals surface area (Å²) in [6.45, 7) is 2.77. The van der Waals surface area contributed by atoms with E-state index in [0.717, 1.165) is 18.7 Å². The number of aromatic nitrogens is 1. The Morgan fingerprint density at radius 1 is 1.08 bits per heavy atom. The quantitative estimate of drug-likeness (QED) is 0.860. The van der Waals surface area contributed by atoms with Crippen LogP contribution >= 0.6 is 0 Å². The summed E-state index contributed by atoms with van der Waals surface area (Å²) >= 11 is 0. The number of carbonyl (C=O) groups excluding carboxylic acids is 1. The summed E-state index contributed by atoms with van der Waals surface area (Å²) in [6.07, 6.45) is 5.46. The summed E-state index contributed by atoms with van der Waals surface area (Å²) in [5.74, 6) is -0.141. The standard InChI is InChI=1S/C20H25N3O2/c1-21-13-10-17(14-19(21)24)20(25)22(2)15-16-6-8-18(9-7-16)23-11-4-3-5-12-23/h6-10,13-14H,3-5,11-12,15H2,1-2H3. The van der Waals surface area contributed by atoms with Gasteiger partial charge in [-0.25, -0.2) is 0 Å². The molecule has 0 saturated carbocycles. The molecule has 1 aliphatic heterocycles. The Morgan fingerprint density at radius 3 is 2.40 bits per heavy atom. The Balaban J connectivity index is 1.65. The largest absolute Gasteiger partial charge is 0.372 e. The van der Waals surface area contributed by atoms with Gasteiger partial charge in [0.05, 0.1) is 0 Å². The average Bonchev–Trinajstić information content (AvgIpc) is 2.64. The summed E-state index contributed by atoms with van der Waals surface area (Å²) in [5.41, 5.74) is 2.59. The van der Waals surface area contributed by atoms with Crippen LogP contribution in [0.3, 0.4) is 0 Å². The van der Waals surface area contributed by atoms with E-state index in [-0.39, 0.29) is 11.5 Å². The Bertz CT molecular complexity index is 789. The molecule has 3 rings (SSSR count). The highest BCUT2D eigenvalue weighted by Gasteiger charge is 2.14. The van der Waals surface area contributed by atoms with Crippen molar-refractivity contribution < 1.29 is 4.79 Å². The smallest absolute Gasteiger partial charge is 0.254 e. The van der Waals surface area contributed by atoms with Gasteiger partial charge in [-0.3, -0.25) is 9.59 Å². The van der Waals surface area contributed by atoms with E-state index in [4.69, 9.17) is 0 Å². The molecule has 0 atom stereocenters. The minimum atomic E-state index is -0.176. The Kier molecular flexibility index (Phi) is 5.22. The van der Waals surface area contributed by atoms with E-state index in [1.54, 1.807) is 31.3 Å². The number of amides is 1. The molecule has 132 valence electrons. The van der Waals surface area contributed by atoms with Crippen LogP contribution in [0.25, 0.3) is 0 Å². The lowest BCUT2D eigenvalue weighted by Gasteiger charge is -2.29. The molecule has 0 unspecified atom stereocenters. The highest BCUT2D eigenvalue weighted by molar-refractivity contribution is 5.93. The van der Waals surface area contributed by atoms with Gasteiger partial charge < -0.3 is 14.4 Å². The molecule has 0 bridgehead atoms. The lowest BCUT2D eigenvalue weighted by atomic mass is 10.1.